The molecule has 2 heteroatoms. The van der Waals surface area contributed by atoms with Gasteiger partial charge in [-0.2, -0.15) is 0 Å². The van der Waals surface area contributed by atoms with E-state index >= 15 is 0 Å². The zero-order valence-corrected chi connectivity index (χ0v) is 10.9. The summed E-state index contributed by atoms with van der Waals surface area (Å²) in [7, 11) is 0. The third kappa shape index (κ3) is 2.71. The lowest BCUT2D eigenvalue weighted by molar-refractivity contribution is 0.340. The van der Waals surface area contributed by atoms with Crippen LogP contribution < -0.4 is 10.5 Å². The molecule has 0 amide bonds. The van der Waals surface area contributed by atoms with Crippen LogP contribution in [0.5, 0.6) is 5.75 Å². The average molecular weight is 241 g/mol. The minimum Gasteiger partial charge on any atom is -0.494 e. The summed E-state index contributed by atoms with van der Waals surface area (Å²) in [6.45, 7) is 5.32. The van der Waals surface area contributed by atoms with Gasteiger partial charge < -0.3 is 10.5 Å². The van der Waals surface area contributed by atoms with Crippen LogP contribution in [0.1, 0.15) is 18.1 Å². The lowest BCUT2D eigenvalue weighted by Crippen LogP contribution is -1.99. The molecule has 0 fully saturated rings. The van der Waals surface area contributed by atoms with Gasteiger partial charge in [-0.25, -0.2) is 0 Å². The lowest BCUT2D eigenvalue weighted by Gasteiger charge is -2.11. The van der Waals surface area contributed by atoms with E-state index in [-0.39, 0.29) is 0 Å². The summed E-state index contributed by atoms with van der Waals surface area (Å²) >= 11 is 0. The number of hydrogen-bond donors (Lipinski definition) is 1. The number of benzene rings is 2. The van der Waals surface area contributed by atoms with Crippen LogP contribution in [0.25, 0.3) is 11.1 Å². The van der Waals surface area contributed by atoms with Gasteiger partial charge in [-0.05, 0) is 42.7 Å². The largest absolute Gasteiger partial charge is 0.494 e. The van der Waals surface area contributed by atoms with Crippen molar-refractivity contribution in [2.24, 2.45) is 5.73 Å². The molecule has 2 nitrogen and oxygen atoms in total. The van der Waals surface area contributed by atoms with Crippen molar-refractivity contribution in [2.75, 3.05) is 6.61 Å². The third-order valence-electron chi connectivity index (χ3n) is 2.94. The molecule has 0 aliphatic carbocycles. The Hall–Kier alpha value is -1.80. The SMILES string of the molecule is CCOc1cccc(-c2cc(C)ccc2CN)c1. The average Bonchev–Trinajstić information content (AvgIpc) is 2.39. The molecule has 2 aromatic carbocycles. The Morgan fingerprint density at radius 1 is 1.11 bits per heavy atom. The van der Waals surface area contributed by atoms with E-state index in [1.165, 1.54) is 11.1 Å². The van der Waals surface area contributed by atoms with Crippen molar-refractivity contribution in [1.82, 2.24) is 0 Å². The first-order valence-corrected chi connectivity index (χ1v) is 6.27. The summed E-state index contributed by atoms with van der Waals surface area (Å²) in [6, 6.07) is 14.5. The van der Waals surface area contributed by atoms with Crippen molar-refractivity contribution in [3.8, 4) is 16.9 Å². The molecule has 0 radical (unpaired) electrons. The maximum absolute atomic E-state index is 5.80. The fraction of sp³-hybridized carbons (Fsp3) is 0.250. The normalized spacial score (nSPS) is 10.4. The Kier molecular flexibility index (Phi) is 4.00. The Balaban J connectivity index is 2.47. The van der Waals surface area contributed by atoms with E-state index in [0.717, 1.165) is 16.9 Å². The molecule has 0 aromatic heterocycles. The van der Waals surface area contributed by atoms with E-state index < -0.39 is 0 Å². The van der Waals surface area contributed by atoms with Crippen LogP contribution in [0, 0.1) is 6.92 Å². The van der Waals surface area contributed by atoms with Gasteiger partial charge in [0.2, 0.25) is 0 Å². The Morgan fingerprint density at radius 2 is 1.94 bits per heavy atom. The van der Waals surface area contributed by atoms with E-state index in [4.69, 9.17) is 10.5 Å². The van der Waals surface area contributed by atoms with E-state index in [1.807, 2.05) is 19.1 Å². The highest BCUT2D eigenvalue weighted by molar-refractivity contribution is 5.69. The lowest BCUT2D eigenvalue weighted by atomic mass is 9.97. The van der Waals surface area contributed by atoms with Gasteiger partial charge in [0.05, 0.1) is 6.61 Å². The van der Waals surface area contributed by atoms with Crippen molar-refractivity contribution in [1.29, 1.82) is 0 Å². The molecule has 0 spiro atoms. The predicted octanol–water partition coefficient (Wildman–Crippen LogP) is 3.52. The van der Waals surface area contributed by atoms with Crippen LogP contribution in [0.15, 0.2) is 42.5 Å². The Labute approximate surface area is 108 Å². The van der Waals surface area contributed by atoms with Crippen LogP contribution in [-0.4, -0.2) is 6.61 Å². The van der Waals surface area contributed by atoms with Gasteiger partial charge in [0.25, 0.3) is 0 Å². The van der Waals surface area contributed by atoms with Crippen molar-refractivity contribution < 1.29 is 4.74 Å². The smallest absolute Gasteiger partial charge is 0.119 e. The first kappa shape index (κ1) is 12.7. The Morgan fingerprint density at radius 3 is 2.67 bits per heavy atom. The highest BCUT2D eigenvalue weighted by Gasteiger charge is 2.05. The molecule has 2 N–H and O–H groups in total. The van der Waals surface area contributed by atoms with Crippen LogP contribution in [0.4, 0.5) is 0 Å². The number of aryl methyl sites for hydroxylation is 1. The number of ether oxygens (including phenoxy) is 1. The summed E-state index contributed by atoms with van der Waals surface area (Å²) in [5.74, 6) is 0.902. The highest BCUT2D eigenvalue weighted by Crippen LogP contribution is 2.27. The van der Waals surface area contributed by atoms with Crippen molar-refractivity contribution in [3.05, 3.63) is 53.6 Å². The minimum absolute atomic E-state index is 0.550. The molecular formula is C16H19NO. The van der Waals surface area contributed by atoms with Gasteiger partial charge in [0.1, 0.15) is 5.75 Å². The van der Waals surface area contributed by atoms with Gasteiger partial charge in [-0.1, -0.05) is 35.9 Å². The zero-order chi connectivity index (χ0) is 13.0. The second-order valence-corrected chi connectivity index (χ2v) is 4.33. The molecule has 0 heterocycles. The number of hydrogen-bond acceptors (Lipinski definition) is 2. The number of rotatable bonds is 4. The maximum atomic E-state index is 5.80. The summed E-state index contributed by atoms with van der Waals surface area (Å²) in [5, 5.41) is 0. The molecule has 2 aromatic rings. The summed E-state index contributed by atoms with van der Waals surface area (Å²) in [4.78, 5) is 0. The number of nitrogens with two attached hydrogens (primary N) is 1. The topological polar surface area (TPSA) is 35.2 Å². The second-order valence-electron chi connectivity index (χ2n) is 4.33. The van der Waals surface area contributed by atoms with Crippen molar-refractivity contribution >= 4 is 0 Å². The molecule has 0 atom stereocenters. The van der Waals surface area contributed by atoms with Gasteiger partial charge in [-0.3, -0.25) is 0 Å². The van der Waals surface area contributed by atoms with Gasteiger partial charge in [0, 0.05) is 6.54 Å². The molecule has 18 heavy (non-hydrogen) atoms. The van der Waals surface area contributed by atoms with Gasteiger partial charge in [0.15, 0.2) is 0 Å². The fourth-order valence-electron chi connectivity index (χ4n) is 2.06. The molecule has 0 saturated heterocycles. The minimum atomic E-state index is 0.550. The van der Waals surface area contributed by atoms with Crippen molar-refractivity contribution in [2.45, 2.75) is 20.4 Å². The summed E-state index contributed by atoms with van der Waals surface area (Å²) < 4.78 is 5.54. The first-order chi connectivity index (χ1) is 8.74. The van der Waals surface area contributed by atoms with E-state index in [0.29, 0.717) is 13.2 Å². The molecular weight excluding hydrogens is 222 g/mol. The van der Waals surface area contributed by atoms with E-state index in [1.54, 1.807) is 0 Å². The van der Waals surface area contributed by atoms with Gasteiger partial charge >= 0.3 is 0 Å². The Bertz CT molecular complexity index is 534. The van der Waals surface area contributed by atoms with Crippen LogP contribution in [-0.2, 0) is 6.54 Å². The molecule has 0 saturated carbocycles. The summed E-state index contributed by atoms with van der Waals surface area (Å²) in [6.07, 6.45) is 0. The third-order valence-corrected chi connectivity index (χ3v) is 2.94. The van der Waals surface area contributed by atoms with E-state index in [9.17, 15) is 0 Å². The fourth-order valence-corrected chi connectivity index (χ4v) is 2.06. The zero-order valence-electron chi connectivity index (χ0n) is 10.9. The molecule has 0 aliphatic rings. The predicted molar refractivity (Wildman–Crippen MR) is 75.7 cm³/mol. The van der Waals surface area contributed by atoms with Crippen LogP contribution in [0.2, 0.25) is 0 Å². The monoisotopic (exact) mass is 241 g/mol. The molecule has 2 rings (SSSR count). The van der Waals surface area contributed by atoms with Crippen LogP contribution in [0.3, 0.4) is 0 Å². The standard InChI is InChI=1S/C16H19NO/c1-3-18-15-6-4-5-13(10-15)16-9-12(2)7-8-14(16)11-17/h4-10H,3,11,17H2,1-2H3. The second kappa shape index (κ2) is 5.69. The van der Waals surface area contributed by atoms with Gasteiger partial charge in [-0.15, -0.1) is 0 Å². The van der Waals surface area contributed by atoms with Crippen LogP contribution >= 0.6 is 0 Å². The van der Waals surface area contributed by atoms with E-state index in [2.05, 4.69) is 37.3 Å². The maximum Gasteiger partial charge on any atom is 0.119 e. The first-order valence-electron chi connectivity index (χ1n) is 6.27. The molecule has 0 unspecified atom stereocenters. The molecule has 94 valence electrons. The quantitative estimate of drug-likeness (QED) is 0.889. The highest BCUT2D eigenvalue weighted by atomic mass is 16.5. The summed E-state index contributed by atoms with van der Waals surface area (Å²) in [5.41, 5.74) is 10.6. The van der Waals surface area contributed by atoms with Crippen molar-refractivity contribution in [3.63, 3.8) is 0 Å². The molecule has 0 bridgehead atoms. The molecule has 0 aliphatic heterocycles.